The molecule has 92 valence electrons. The molecule has 0 aliphatic rings. The largest absolute Gasteiger partial charge is 0.463 e. The average Bonchev–Trinajstić information content (AvgIpc) is 2.60. The molecule has 0 saturated carbocycles. The zero-order valence-corrected chi connectivity index (χ0v) is 9.69. The average molecular weight is 278 g/mol. The molecule has 1 aromatic heterocycles. The molecule has 2 aromatic rings. The molecule has 0 spiro atoms. The van der Waals surface area contributed by atoms with Gasteiger partial charge in [0.05, 0.1) is 6.26 Å². The third kappa shape index (κ3) is 2.05. The highest BCUT2D eigenvalue weighted by Gasteiger charge is 2.22. The zero-order valence-electron chi connectivity index (χ0n) is 8.06. The Balaban J connectivity index is 2.96. The quantitative estimate of drug-likeness (QED) is 0.783. The second kappa shape index (κ2) is 3.53. The Morgan fingerprint density at radius 2 is 1.41 bits per heavy atom. The van der Waals surface area contributed by atoms with Crippen molar-refractivity contribution in [2.24, 2.45) is 0 Å². The molecule has 17 heavy (non-hydrogen) atoms. The van der Waals surface area contributed by atoms with Crippen LogP contribution in [0.4, 0.5) is 0 Å². The summed E-state index contributed by atoms with van der Waals surface area (Å²) >= 11 is 0. The lowest BCUT2D eigenvalue weighted by Gasteiger charge is -2.02. The van der Waals surface area contributed by atoms with Crippen LogP contribution in [0.25, 0.3) is 11.0 Å². The van der Waals surface area contributed by atoms with E-state index in [2.05, 4.69) is 0 Å². The van der Waals surface area contributed by atoms with Crippen molar-refractivity contribution in [3.05, 3.63) is 24.5 Å². The van der Waals surface area contributed by atoms with Crippen molar-refractivity contribution < 1.29 is 30.4 Å². The van der Waals surface area contributed by atoms with Crippen molar-refractivity contribution in [3.63, 3.8) is 0 Å². The summed E-state index contributed by atoms with van der Waals surface area (Å²) in [4.78, 5) is -1.06. The Morgan fingerprint density at radius 1 is 0.882 bits per heavy atom. The van der Waals surface area contributed by atoms with E-state index in [4.69, 9.17) is 13.5 Å². The molecule has 0 saturated heterocycles. The Bertz CT molecular complexity index is 716. The summed E-state index contributed by atoms with van der Waals surface area (Å²) in [6, 6.07) is 2.88. The van der Waals surface area contributed by atoms with Gasteiger partial charge in [-0.1, -0.05) is 0 Å². The van der Waals surface area contributed by atoms with Crippen LogP contribution in [0.15, 0.2) is 38.7 Å². The highest BCUT2D eigenvalue weighted by Crippen LogP contribution is 2.29. The highest BCUT2D eigenvalue weighted by molar-refractivity contribution is 7.86. The van der Waals surface area contributed by atoms with E-state index < -0.39 is 30.0 Å². The van der Waals surface area contributed by atoms with Gasteiger partial charge in [0.1, 0.15) is 9.79 Å². The van der Waals surface area contributed by atoms with Gasteiger partial charge in [0, 0.05) is 5.39 Å². The van der Waals surface area contributed by atoms with Crippen molar-refractivity contribution in [1.29, 1.82) is 0 Å². The van der Waals surface area contributed by atoms with Crippen LogP contribution in [-0.2, 0) is 20.2 Å². The normalized spacial score (nSPS) is 13.1. The first-order valence-electron chi connectivity index (χ1n) is 4.16. The van der Waals surface area contributed by atoms with Gasteiger partial charge in [-0.25, -0.2) is 0 Å². The number of furan rings is 1. The lowest BCUT2D eigenvalue weighted by molar-refractivity contribution is 0.478. The molecule has 0 aliphatic carbocycles. The smallest absolute Gasteiger partial charge is 0.298 e. The van der Waals surface area contributed by atoms with Gasteiger partial charge >= 0.3 is 0 Å². The van der Waals surface area contributed by atoms with Crippen molar-refractivity contribution in [3.8, 4) is 0 Å². The van der Waals surface area contributed by atoms with Gasteiger partial charge < -0.3 is 4.42 Å². The molecule has 0 unspecified atom stereocenters. The first kappa shape index (κ1) is 12.0. The fourth-order valence-corrected chi connectivity index (χ4v) is 2.75. The molecular formula is C8H6O7S2. The van der Waals surface area contributed by atoms with Crippen molar-refractivity contribution >= 4 is 31.2 Å². The molecule has 0 fully saturated rings. The van der Waals surface area contributed by atoms with E-state index in [1.165, 1.54) is 6.07 Å². The number of rotatable bonds is 2. The Morgan fingerprint density at radius 3 is 1.94 bits per heavy atom. The summed E-state index contributed by atoms with van der Waals surface area (Å²) in [5, 5.41) is -0.123. The van der Waals surface area contributed by atoms with Gasteiger partial charge in [-0.15, -0.1) is 0 Å². The van der Waals surface area contributed by atoms with Gasteiger partial charge in [0.2, 0.25) is 0 Å². The summed E-state index contributed by atoms with van der Waals surface area (Å²) in [5.74, 6) is 0. The fourth-order valence-electron chi connectivity index (χ4n) is 1.44. The van der Waals surface area contributed by atoms with E-state index >= 15 is 0 Å². The fraction of sp³-hybridized carbons (Fsp3) is 0. The van der Waals surface area contributed by atoms with Gasteiger partial charge in [-0.3, -0.25) is 9.11 Å². The Labute approximate surface area is 96.2 Å². The Kier molecular flexibility index (Phi) is 2.51. The Hall–Kier alpha value is -1.42. The predicted octanol–water partition coefficient (Wildman–Crippen LogP) is 0.926. The monoisotopic (exact) mass is 278 g/mol. The van der Waals surface area contributed by atoms with Gasteiger partial charge in [0.15, 0.2) is 5.58 Å². The maximum atomic E-state index is 11.0. The van der Waals surface area contributed by atoms with Crippen LogP contribution in [0.3, 0.4) is 0 Å². The molecule has 9 heteroatoms. The summed E-state index contributed by atoms with van der Waals surface area (Å²) in [6.45, 7) is 0. The van der Waals surface area contributed by atoms with Crippen LogP contribution in [0.2, 0.25) is 0 Å². The minimum atomic E-state index is -4.53. The standard InChI is InChI=1S/C8H6O7S2/c9-16(10,11)6-1-2-7(17(12,13)14)8-5(6)3-4-15-8/h1-4H,(H,9,10,11)(H,12,13,14). The highest BCUT2D eigenvalue weighted by atomic mass is 32.2. The number of hydrogen-bond acceptors (Lipinski definition) is 5. The van der Waals surface area contributed by atoms with E-state index in [0.717, 1.165) is 18.4 Å². The summed E-state index contributed by atoms with van der Waals surface area (Å²) < 4.78 is 66.6. The van der Waals surface area contributed by atoms with Crippen LogP contribution < -0.4 is 0 Å². The molecule has 2 N–H and O–H groups in total. The summed E-state index contributed by atoms with van der Waals surface area (Å²) in [7, 11) is -9.03. The van der Waals surface area contributed by atoms with E-state index in [9.17, 15) is 16.8 Å². The molecule has 0 amide bonds. The number of benzene rings is 1. The van der Waals surface area contributed by atoms with E-state index in [-0.39, 0.29) is 11.0 Å². The van der Waals surface area contributed by atoms with Gasteiger partial charge in [0.25, 0.3) is 20.2 Å². The van der Waals surface area contributed by atoms with E-state index in [1.807, 2.05) is 0 Å². The van der Waals surface area contributed by atoms with Crippen LogP contribution in [0.1, 0.15) is 0 Å². The second-order valence-electron chi connectivity index (χ2n) is 3.18. The number of fused-ring (bicyclic) bond motifs is 1. The molecular weight excluding hydrogens is 272 g/mol. The van der Waals surface area contributed by atoms with Crippen LogP contribution in [0, 0.1) is 0 Å². The molecule has 7 nitrogen and oxygen atoms in total. The summed E-state index contributed by atoms with van der Waals surface area (Å²) in [6.07, 6.45) is 1.05. The molecule has 0 atom stereocenters. The predicted molar refractivity (Wildman–Crippen MR) is 55.8 cm³/mol. The van der Waals surface area contributed by atoms with E-state index in [1.54, 1.807) is 0 Å². The topological polar surface area (TPSA) is 122 Å². The van der Waals surface area contributed by atoms with E-state index in [0.29, 0.717) is 0 Å². The number of hydrogen-bond donors (Lipinski definition) is 2. The SMILES string of the molecule is O=S(=O)(O)c1ccc(S(=O)(=O)O)c2occc12. The lowest BCUT2D eigenvalue weighted by Crippen LogP contribution is -2.02. The zero-order chi connectivity index (χ0) is 12.8. The van der Waals surface area contributed by atoms with Crippen LogP contribution in [-0.4, -0.2) is 25.9 Å². The third-order valence-electron chi connectivity index (χ3n) is 2.10. The molecule has 0 bridgehead atoms. The van der Waals surface area contributed by atoms with Crippen molar-refractivity contribution in [2.45, 2.75) is 9.79 Å². The maximum absolute atomic E-state index is 11.0. The first-order chi connectivity index (χ1) is 7.71. The van der Waals surface area contributed by atoms with Gasteiger partial charge in [-0.05, 0) is 18.2 Å². The molecule has 1 heterocycles. The van der Waals surface area contributed by atoms with Crippen molar-refractivity contribution in [1.82, 2.24) is 0 Å². The van der Waals surface area contributed by atoms with Crippen molar-refractivity contribution in [2.75, 3.05) is 0 Å². The molecule has 0 aliphatic heterocycles. The second-order valence-corrected chi connectivity index (χ2v) is 5.96. The van der Waals surface area contributed by atoms with Crippen LogP contribution >= 0.6 is 0 Å². The first-order valence-corrected chi connectivity index (χ1v) is 7.04. The minimum absolute atomic E-state index is 0.123. The maximum Gasteiger partial charge on any atom is 0.298 e. The third-order valence-corrected chi connectivity index (χ3v) is 3.89. The molecule has 2 rings (SSSR count). The van der Waals surface area contributed by atoms with Crippen LogP contribution in [0.5, 0.6) is 0 Å². The van der Waals surface area contributed by atoms with Gasteiger partial charge in [-0.2, -0.15) is 16.8 Å². The minimum Gasteiger partial charge on any atom is -0.463 e. The lowest BCUT2D eigenvalue weighted by atomic mass is 10.2. The molecule has 0 radical (unpaired) electrons. The molecule has 1 aromatic carbocycles. The summed E-state index contributed by atoms with van der Waals surface area (Å²) in [5.41, 5.74) is -0.331.